The number of rotatable bonds is 9. The largest absolute Gasteiger partial charge is 0.357 e. The van der Waals surface area contributed by atoms with E-state index in [0.717, 1.165) is 38.0 Å². The van der Waals surface area contributed by atoms with E-state index < -0.39 is 0 Å². The molecule has 0 aliphatic heterocycles. The molecule has 0 unspecified atom stereocenters. The van der Waals surface area contributed by atoms with E-state index in [1.165, 1.54) is 0 Å². The summed E-state index contributed by atoms with van der Waals surface area (Å²) in [5.74, 6) is 1.71. The molecule has 0 aliphatic carbocycles. The maximum Gasteiger partial charge on any atom is 0.191 e. The van der Waals surface area contributed by atoms with Crippen LogP contribution in [0.3, 0.4) is 0 Å². The highest BCUT2D eigenvalue weighted by Crippen LogP contribution is 2.03. The van der Waals surface area contributed by atoms with Crippen LogP contribution in [-0.4, -0.2) is 57.3 Å². The Hall–Kier alpha value is -1.63. The first kappa shape index (κ1) is 19.4. The normalized spacial score (nSPS) is 12.5. The Morgan fingerprint density at radius 3 is 2.48 bits per heavy atom. The summed E-state index contributed by atoms with van der Waals surface area (Å²) in [5, 5.41) is 14.7. The summed E-state index contributed by atoms with van der Waals surface area (Å²) in [6.45, 7) is 17.2. The van der Waals surface area contributed by atoms with Crippen LogP contribution in [0.15, 0.2) is 11.3 Å². The van der Waals surface area contributed by atoms with Crippen molar-refractivity contribution in [2.24, 2.45) is 4.99 Å². The Kier molecular flexibility index (Phi) is 8.61. The molecule has 0 spiro atoms. The van der Waals surface area contributed by atoms with E-state index in [1.807, 2.05) is 4.57 Å². The molecule has 0 saturated carbocycles. The summed E-state index contributed by atoms with van der Waals surface area (Å²) in [7, 11) is 0. The van der Waals surface area contributed by atoms with Crippen LogP contribution >= 0.6 is 0 Å². The molecule has 2 N–H and O–H groups in total. The molecule has 1 heterocycles. The number of aliphatic imine (C=N–C) groups is 1. The van der Waals surface area contributed by atoms with Gasteiger partial charge in [0.2, 0.25) is 0 Å². The van der Waals surface area contributed by atoms with Gasteiger partial charge < -0.3 is 15.2 Å². The lowest BCUT2D eigenvalue weighted by molar-refractivity contribution is 0.178. The number of nitrogens with zero attached hydrogens (tertiary/aromatic N) is 5. The fraction of sp³-hybridized carbons (Fsp3) is 0.812. The zero-order valence-electron chi connectivity index (χ0n) is 15.5. The summed E-state index contributed by atoms with van der Waals surface area (Å²) in [5.41, 5.74) is 0. The molecule has 0 radical (unpaired) electrons. The topological polar surface area (TPSA) is 70.4 Å². The zero-order valence-corrected chi connectivity index (χ0v) is 15.5. The molecule has 132 valence electrons. The minimum Gasteiger partial charge on any atom is -0.357 e. The van der Waals surface area contributed by atoms with Crippen molar-refractivity contribution in [2.45, 2.75) is 66.7 Å². The van der Waals surface area contributed by atoms with Gasteiger partial charge in [0.1, 0.15) is 12.9 Å². The second-order valence-electron chi connectivity index (χ2n) is 6.08. The van der Waals surface area contributed by atoms with Gasteiger partial charge in [-0.3, -0.25) is 4.90 Å². The van der Waals surface area contributed by atoms with Crippen LogP contribution < -0.4 is 10.6 Å². The van der Waals surface area contributed by atoms with Gasteiger partial charge in [-0.2, -0.15) is 0 Å². The SMILES string of the molecule is CCNC(=NCc1nncn1CC)NCCN(C(C)C)C(C)C. The molecule has 7 heteroatoms. The van der Waals surface area contributed by atoms with Crippen LogP contribution in [-0.2, 0) is 13.1 Å². The van der Waals surface area contributed by atoms with Crippen molar-refractivity contribution in [3.05, 3.63) is 12.2 Å². The van der Waals surface area contributed by atoms with E-state index in [9.17, 15) is 0 Å². The first-order valence-electron chi connectivity index (χ1n) is 8.64. The van der Waals surface area contributed by atoms with E-state index >= 15 is 0 Å². The van der Waals surface area contributed by atoms with Gasteiger partial charge in [-0.05, 0) is 41.5 Å². The molecule has 1 rings (SSSR count). The van der Waals surface area contributed by atoms with Gasteiger partial charge in [0.25, 0.3) is 0 Å². The van der Waals surface area contributed by atoms with E-state index in [0.29, 0.717) is 18.6 Å². The van der Waals surface area contributed by atoms with Crippen molar-refractivity contribution in [3.8, 4) is 0 Å². The molecular weight excluding hydrogens is 290 g/mol. The minimum atomic E-state index is 0.529. The smallest absolute Gasteiger partial charge is 0.191 e. The summed E-state index contributed by atoms with van der Waals surface area (Å²) < 4.78 is 2.01. The number of nitrogens with one attached hydrogen (secondary N) is 2. The van der Waals surface area contributed by atoms with Crippen molar-refractivity contribution in [2.75, 3.05) is 19.6 Å². The Morgan fingerprint density at radius 1 is 1.22 bits per heavy atom. The average molecular weight is 323 g/mol. The summed E-state index contributed by atoms with van der Waals surface area (Å²) >= 11 is 0. The molecule has 0 atom stereocenters. The Morgan fingerprint density at radius 2 is 1.91 bits per heavy atom. The fourth-order valence-electron chi connectivity index (χ4n) is 2.57. The first-order chi connectivity index (χ1) is 11.0. The van der Waals surface area contributed by atoms with Crippen LogP contribution in [0.4, 0.5) is 0 Å². The highest BCUT2D eigenvalue weighted by atomic mass is 15.3. The monoisotopic (exact) mass is 323 g/mol. The minimum absolute atomic E-state index is 0.529. The molecule has 1 aromatic rings. The third-order valence-corrected chi connectivity index (χ3v) is 3.75. The highest BCUT2D eigenvalue weighted by Gasteiger charge is 2.12. The zero-order chi connectivity index (χ0) is 17.2. The van der Waals surface area contributed by atoms with Gasteiger partial charge >= 0.3 is 0 Å². The maximum absolute atomic E-state index is 4.60. The van der Waals surface area contributed by atoms with Gasteiger partial charge in [-0.15, -0.1) is 10.2 Å². The van der Waals surface area contributed by atoms with Crippen molar-refractivity contribution < 1.29 is 0 Å². The van der Waals surface area contributed by atoms with E-state index in [1.54, 1.807) is 6.33 Å². The molecule has 23 heavy (non-hydrogen) atoms. The predicted molar refractivity (Wildman–Crippen MR) is 95.5 cm³/mol. The molecule has 0 fully saturated rings. The molecule has 0 aliphatic rings. The molecule has 0 saturated heterocycles. The number of hydrogen-bond donors (Lipinski definition) is 2. The lowest BCUT2D eigenvalue weighted by Gasteiger charge is -2.30. The molecule has 0 amide bonds. The third kappa shape index (κ3) is 6.56. The summed E-state index contributed by atoms with van der Waals surface area (Å²) in [6, 6.07) is 1.08. The Balaban J connectivity index is 2.56. The van der Waals surface area contributed by atoms with Gasteiger partial charge in [0.15, 0.2) is 11.8 Å². The van der Waals surface area contributed by atoms with E-state index in [-0.39, 0.29) is 0 Å². The summed E-state index contributed by atoms with van der Waals surface area (Å²) in [6.07, 6.45) is 1.74. The second kappa shape index (κ2) is 10.2. The third-order valence-electron chi connectivity index (χ3n) is 3.75. The van der Waals surface area contributed by atoms with Crippen molar-refractivity contribution in [3.63, 3.8) is 0 Å². The van der Waals surface area contributed by atoms with Gasteiger partial charge in [0.05, 0.1) is 0 Å². The molecule has 1 aromatic heterocycles. The lowest BCUT2D eigenvalue weighted by atomic mass is 10.2. The number of aromatic nitrogens is 3. The predicted octanol–water partition coefficient (Wildman–Crippen LogP) is 1.47. The van der Waals surface area contributed by atoms with Crippen LogP contribution in [0.1, 0.15) is 47.4 Å². The maximum atomic E-state index is 4.60. The van der Waals surface area contributed by atoms with Gasteiger partial charge in [-0.1, -0.05) is 0 Å². The summed E-state index contributed by atoms with van der Waals surface area (Å²) in [4.78, 5) is 7.07. The molecule has 0 aromatic carbocycles. The number of aryl methyl sites for hydroxylation is 1. The van der Waals surface area contributed by atoms with Crippen molar-refractivity contribution >= 4 is 5.96 Å². The average Bonchev–Trinajstić information content (AvgIpc) is 2.95. The van der Waals surface area contributed by atoms with Crippen molar-refractivity contribution in [1.29, 1.82) is 0 Å². The standard InChI is InChI=1S/C16H33N7/c1-7-17-16(18-9-10-23(13(3)4)14(5)6)19-11-15-21-20-12-22(15)8-2/h12-14H,7-11H2,1-6H3,(H2,17,18,19). The van der Waals surface area contributed by atoms with Crippen LogP contribution in [0.5, 0.6) is 0 Å². The van der Waals surface area contributed by atoms with Crippen LogP contribution in [0, 0.1) is 0 Å². The highest BCUT2D eigenvalue weighted by molar-refractivity contribution is 5.79. The first-order valence-corrected chi connectivity index (χ1v) is 8.64. The molecule has 7 nitrogen and oxygen atoms in total. The van der Waals surface area contributed by atoms with Gasteiger partial charge in [-0.25, -0.2) is 4.99 Å². The van der Waals surface area contributed by atoms with Crippen LogP contribution in [0.2, 0.25) is 0 Å². The van der Waals surface area contributed by atoms with E-state index in [2.05, 4.69) is 72.3 Å². The quantitative estimate of drug-likeness (QED) is 0.532. The Bertz CT molecular complexity index is 457. The van der Waals surface area contributed by atoms with E-state index in [4.69, 9.17) is 0 Å². The number of hydrogen-bond acceptors (Lipinski definition) is 4. The second-order valence-corrected chi connectivity index (χ2v) is 6.08. The van der Waals surface area contributed by atoms with Crippen molar-refractivity contribution in [1.82, 2.24) is 30.3 Å². The lowest BCUT2D eigenvalue weighted by Crippen LogP contribution is -2.45. The molecular formula is C16H33N7. The number of guanidine groups is 1. The van der Waals surface area contributed by atoms with Gasteiger partial charge in [0, 0.05) is 38.3 Å². The van der Waals surface area contributed by atoms with Crippen LogP contribution in [0.25, 0.3) is 0 Å². The molecule has 0 bridgehead atoms. The Labute approximate surface area is 140 Å². The fourth-order valence-corrected chi connectivity index (χ4v) is 2.57.